The van der Waals surface area contributed by atoms with Gasteiger partial charge in [-0.05, 0) is 38.1 Å². The van der Waals surface area contributed by atoms with Crippen LogP contribution in [0.5, 0.6) is 0 Å². The van der Waals surface area contributed by atoms with Crippen molar-refractivity contribution in [3.63, 3.8) is 0 Å². The van der Waals surface area contributed by atoms with E-state index in [4.69, 9.17) is 13.9 Å². The van der Waals surface area contributed by atoms with Gasteiger partial charge in [-0.3, -0.25) is 0 Å². The van der Waals surface area contributed by atoms with E-state index in [1.807, 2.05) is 0 Å². The number of hydrogen-bond acceptors (Lipinski definition) is 3. The largest absolute Gasteiger partial charge is 0.461 e. The van der Waals surface area contributed by atoms with E-state index in [0.29, 0.717) is 5.76 Å². The first kappa shape index (κ1) is 18.2. The van der Waals surface area contributed by atoms with Crippen LogP contribution >= 0.6 is 0 Å². The van der Waals surface area contributed by atoms with Gasteiger partial charge in [-0.1, -0.05) is 32.2 Å². The van der Waals surface area contributed by atoms with Gasteiger partial charge in [0.05, 0.1) is 0 Å². The maximum Gasteiger partial charge on any atom is 0.189 e. The Labute approximate surface area is 119 Å². The molecule has 19 heavy (non-hydrogen) atoms. The van der Waals surface area contributed by atoms with Crippen molar-refractivity contribution in [1.29, 1.82) is 0 Å². The number of ether oxygens (including phenoxy) is 2. The van der Waals surface area contributed by atoms with Crippen molar-refractivity contribution in [2.75, 3.05) is 13.9 Å². The Bertz CT molecular complexity index is 336. The van der Waals surface area contributed by atoms with Gasteiger partial charge in [0.1, 0.15) is 6.10 Å². The van der Waals surface area contributed by atoms with Crippen LogP contribution in [0, 0.1) is 0 Å². The summed E-state index contributed by atoms with van der Waals surface area (Å²) < 4.78 is 16.8. The lowest BCUT2D eigenvalue weighted by Crippen LogP contribution is -2.34. The molecule has 0 aromatic carbocycles. The van der Waals surface area contributed by atoms with E-state index < -0.39 is 8.32 Å². The molecule has 0 bridgehead atoms. The third-order valence-electron chi connectivity index (χ3n) is 2.43. The second-order valence-corrected chi connectivity index (χ2v) is 9.70. The van der Waals surface area contributed by atoms with Gasteiger partial charge in [-0.25, -0.2) is 0 Å². The van der Waals surface area contributed by atoms with Gasteiger partial charge in [0.2, 0.25) is 0 Å². The molecule has 0 aromatic heterocycles. The van der Waals surface area contributed by atoms with E-state index in [-0.39, 0.29) is 12.9 Å². The van der Waals surface area contributed by atoms with E-state index in [9.17, 15) is 0 Å². The van der Waals surface area contributed by atoms with E-state index in [1.165, 1.54) is 5.57 Å². The van der Waals surface area contributed by atoms with Crippen LogP contribution in [-0.4, -0.2) is 28.3 Å². The SMILES string of the molecule is C=C=C(OCOC)C(O[Si](C)(C)C)/C(=C/CC)CC. The Kier molecular flexibility index (Phi) is 8.77. The van der Waals surface area contributed by atoms with Crippen molar-refractivity contribution in [2.45, 2.75) is 52.4 Å². The zero-order valence-electron chi connectivity index (χ0n) is 13.2. The minimum Gasteiger partial charge on any atom is -0.461 e. The zero-order chi connectivity index (χ0) is 14.9. The van der Waals surface area contributed by atoms with Crippen LogP contribution in [0.1, 0.15) is 26.7 Å². The van der Waals surface area contributed by atoms with E-state index in [2.05, 4.69) is 51.9 Å². The molecule has 0 aromatic rings. The van der Waals surface area contributed by atoms with Crippen molar-refractivity contribution in [2.24, 2.45) is 0 Å². The minimum absolute atomic E-state index is 0.187. The summed E-state index contributed by atoms with van der Waals surface area (Å²) >= 11 is 0. The Morgan fingerprint density at radius 2 is 1.95 bits per heavy atom. The molecule has 0 fully saturated rings. The van der Waals surface area contributed by atoms with Gasteiger partial charge in [0.15, 0.2) is 20.9 Å². The van der Waals surface area contributed by atoms with Crippen LogP contribution in [0.3, 0.4) is 0 Å². The molecule has 0 saturated heterocycles. The molecule has 3 nitrogen and oxygen atoms in total. The summed E-state index contributed by atoms with van der Waals surface area (Å²) in [6.45, 7) is 14.6. The molecule has 0 rings (SSSR count). The highest BCUT2D eigenvalue weighted by Crippen LogP contribution is 2.24. The molecule has 0 N–H and O–H groups in total. The first-order valence-electron chi connectivity index (χ1n) is 6.78. The third-order valence-corrected chi connectivity index (χ3v) is 3.37. The van der Waals surface area contributed by atoms with Crippen LogP contribution in [-0.2, 0) is 13.9 Å². The maximum absolute atomic E-state index is 6.24. The molecule has 0 heterocycles. The summed E-state index contributed by atoms with van der Waals surface area (Å²) in [5.74, 6) is 0.617. The topological polar surface area (TPSA) is 27.7 Å². The summed E-state index contributed by atoms with van der Waals surface area (Å²) in [6.07, 6.45) is 3.90. The maximum atomic E-state index is 6.24. The Balaban J connectivity index is 5.24. The summed E-state index contributed by atoms with van der Waals surface area (Å²) in [5.41, 5.74) is 4.07. The molecule has 1 unspecified atom stereocenters. The highest BCUT2D eigenvalue weighted by atomic mass is 28.4. The second-order valence-electron chi connectivity index (χ2n) is 5.24. The standard InChI is InChI=1S/C15H28O3Si/c1-8-11-13(9-2)15(18-19(5,6)7)14(10-3)17-12-16-4/h11,15H,3,8-9,12H2,1-2,4-7H3/b13-11+. The molecular weight excluding hydrogens is 256 g/mol. The number of rotatable bonds is 9. The van der Waals surface area contributed by atoms with Crippen molar-refractivity contribution >= 4 is 8.32 Å². The predicted octanol–water partition coefficient (Wildman–Crippen LogP) is 4.24. The minimum atomic E-state index is -1.70. The smallest absolute Gasteiger partial charge is 0.189 e. The van der Waals surface area contributed by atoms with Gasteiger partial charge < -0.3 is 13.9 Å². The summed E-state index contributed by atoms with van der Waals surface area (Å²) in [5, 5.41) is 0. The van der Waals surface area contributed by atoms with Crippen LogP contribution in [0.2, 0.25) is 19.6 Å². The first-order chi connectivity index (χ1) is 8.89. The fourth-order valence-corrected chi connectivity index (χ4v) is 2.66. The normalized spacial score (nSPS) is 13.9. The highest BCUT2D eigenvalue weighted by Gasteiger charge is 2.27. The van der Waals surface area contributed by atoms with E-state index in [1.54, 1.807) is 7.11 Å². The molecule has 1 atom stereocenters. The van der Waals surface area contributed by atoms with E-state index in [0.717, 1.165) is 12.8 Å². The molecule has 0 amide bonds. The Morgan fingerprint density at radius 3 is 2.32 bits per heavy atom. The molecule has 0 aliphatic heterocycles. The average molecular weight is 284 g/mol. The van der Waals surface area contributed by atoms with Crippen molar-refractivity contribution in [1.82, 2.24) is 0 Å². The first-order valence-corrected chi connectivity index (χ1v) is 10.2. The molecule has 0 radical (unpaired) electrons. The van der Waals surface area contributed by atoms with Crippen LogP contribution < -0.4 is 0 Å². The average Bonchev–Trinajstić information content (AvgIpc) is 2.34. The summed E-state index contributed by atoms with van der Waals surface area (Å²) in [6, 6.07) is 0. The molecule has 0 aliphatic carbocycles. The quantitative estimate of drug-likeness (QED) is 0.208. The van der Waals surface area contributed by atoms with Crippen LogP contribution in [0.4, 0.5) is 0 Å². The monoisotopic (exact) mass is 284 g/mol. The van der Waals surface area contributed by atoms with Crippen LogP contribution in [0.15, 0.2) is 29.7 Å². The number of hydrogen-bond donors (Lipinski definition) is 0. The van der Waals surface area contributed by atoms with Crippen molar-refractivity contribution < 1.29 is 13.9 Å². The Hall–Kier alpha value is -0.803. The lowest BCUT2D eigenvalue weighted by Gasteiger charge is -2.29. The lowest BCUT2D eigenvalue weighted by atomic mass is 10.0. The molecular formula is C15H28O3Si. The summed E-state index contributed by atoms with van der Waals surface area (Å²) in [7, 11) is -0.102. The number of allylic oxidation sites excluding steroid dienone is 1. The molecule has 0 aliphatic rings. The van der Waals surface area contributed by atoms with Gasteiger partial charge in [-0.15, -0.1) is 0 Å². The van der Waals surface area contributed by atoms with Gasteiger partial charge in [-0.2, -0.15) is 0 Å². The fourth-order valence-electron chi connectivity index (χ4n) is 1.69. The van der Waals surface area contributed by atoms with Crippen molar-refractivity contribution in [3.05, 3.63) is 29.7 Å². The second kappa shape index (κ2) is 9.16. The number of methoxy groups -OCH3 is 1. The Morgan fingerprint density at radius 1 is 1.32 bits per heavy atom. The summed E-state index contributed by atoms with van der Waals surface area (Å²) in [4.78, 5) is 0. The zero-order valence-corrected chi connectivity index (χ0v) is 14.2. The molecule has 110 valence electrons. The molecule has 0 saturated carbocycles. The molecule has 4 heteroatoms. The van der Waals surface area contributed by atoms with Gasteiger partial charge >= 0.3 is 0 Å². The highest BCUT2D eigenvalue weighted by molar-refractivity contribution is 6.69. The predicted molar refractivity (Wildman–Crippen MR) is 82.5 cm³/mol. The lowest BCUT2D eigenvalue weighted by molar-refractivity contribution is -0.0118. The van der Waals surface area contributed by atoms with Crippen LogP contribution in [0.25, 0.3) is 0 Å². The van der Waals surface area contributed by atoms with Gasteiger partial charge in [0, 0.05) is 7.11 Å². The molecule has 0 spiro atoms. The van der Waals surface area contributed by atoms with E-state index >= 15 is 0 Å². The van der Waals surface area contributed by atoms with Crippen molar-refractivity contribution in [3.8, 4) is 0 Å². The third kappa shape index (κ3) is 7.38. The van der Waals surface area contributed by atoms with Gasteiger partial charge in [0.25, 0.3) is 0 Å². The fraction of sp³-hybridized carbons (Fsp3) is 0.667.